The number of aromatic nitrogens is 4. The van der Waals surface area contributed by atoms with Gasteiger partial charge in [0.2, 0.25) is 5.88 Å². The molecule has 0 aliphatic carbocycles. The Hall–Kier alpha value is -3.41. The molecule has 4 heterocycles. The Morgan fingerprint density at radius 3 is 2.73 bits per heavy atom. The fourth-order valence-electron chi connectivity index (χ4n) is 2.94. The van der Waals surface area contributed by atoms with E-state index in [9.17, 15) is 0 Å². The molecular formula is C20H19N5O. The molecule has 4 rings (SSSR count). The van der Waals surface area contributed by atoms with E-state index in [1.807, 2.05) is 36.7 Å². The summed E-state index contributed by atoms with van der Waals surface area (Å²) < 4.78 is 5.27. The van der Waals surface area contributed by atoms with Crippen LogP contribution in [0.2, 0.25) is 0 Å². The van der Waals surface area contributed by atoms with E-state index in [1.54, 1.807) is 19.5 Å². The number of pyridine rings is 3. The highest BCUT2D eigenvalue weighted by atomic mass is 16.5. The molecule has 0 amide bonds. The van der Waals surface area contributed by atoms with Crippen LogP contribution < -0.4 is 10.1 Å². The average Bonchev–Trinajstić information content (AvgIpc) is 3.11. The maximum absolute atomic E-state index is 5.27. The Morgan fingerprint density at radius 2 is 1.88 bits per heavy atom. The molecule has 0 spiro atoms. The van der Waals surface area contributed by atoms with Crippen LogP contribution in [-0.4, -0.2) is 27.0 Å². The van der Waals surface area contributed by atoms with E-state index in [0.717, 1.165) is 34.4 Å². The minimum absolute atomic E-state index is 0.609. The van der Waals surface area contributed by atoms with Crippen LogP contribution in [0, 0.1) is 0 Å². The molecule has 2 N–H and O–H groups in total. The van der Waals surface area contributed by atoms with Crippen LogP contribution in [0.4, 0.5) is 5.82 Å². The summed E-state index contributed by atoms with van der Waals surface area (Å²) in [6, 6.07) is 12.0. The molecule has 4 aromatic heterocycles. The van der Waals surface area contributed by atoms with E-state index in [4.69, 9.17) is 4.74 Å². The number of hydrogen-bond acceptors (Lipinski definition) is 5. The summed E-state index contributed by atoms with van der Waals surface area (Å²) in [4.78, 5) is 16.2. The fourth-order valence-corrected chi connectivity index (χ4v) is 2.94. The van der Waals surface area contributed by atoms with Crippen molar-refractivity contribution < 1.29 is 4.74 Å². The van der Waals surface area contributed by atoms with Crippen molar-refractivity contribution in [1.29, 1.82) is 0 Å². The van der Waals surface area contributed by atoms with Crippen LogP contribution in [0.5, 0.6) is 5.88 Å². The Kier molecular flexibility index (Phi) is 4.47. The van der Waals surface area contributed by atoms with Crippen LogP contribution in [0.15, 0.2) is 61.2 Å². The zero-order valence-electron chi connectivity index (χ0n) is 14.4. The summed E-state index contributed by atoms with van der Waals surface area (Å²) >= 11 is 0. The molecule has 0 aromatic carbocycles. The molecule has 0 bridgehead atoms. The lowest BCUT2D eigenvalue weighted by molar-refractivity contribution is 0.393. The van der Waals surface area contributed by atoms with E-state index in [1.165, 1.54) is 5.56 Å². The SMILES string of the molecule is COc1ncccc1CNc1ccc(Cc2c[nH]c3ncccc23)cn1. The van der Waals surface area contributed by atoms with E-state index < -0.39 is 0 Å². The van der Waals surface area contributed by atoms with Gasteiger partial charge in [-0.1, -0.05) is 12.1 Å². The maximum Gasteiger partial charge on any atom is 0.218 e. The number of nitrogens with one attached hydrogen (secondary N) is 2. The van der Waals surface area contributed by atoms with Gasteiger partial charge in [-0.25, -0.2) is 15.0 Å². The molecule has 6 heteroatoms. The van der Waals surface area contributed by atoms with Crippen molar-refractivity contribution in [3.05, 3.63) is 77.9 Å². The standard InChI is InChI=1S/C20H19N5O/c1-26-20-15(4-2-9-22-20)12-24-18-7-6-14(11-23-18)10-16-13-25-19-17(16)5-3-8-21-19/h2-9,11,13H,10,12H2,1H3,(H,21,25)(H,23,24). The van der Waals surface area contributed by atoms with Gasteiger partial charge in [0, 0.05) is 48.7 Å². The molecular weight excluding hydrogens is 326 g/mol. The molecule has 0 saturated heterocycles. The molecule has 0 unspecified atom stereocenters. The van der Waals surface area contributed by atoms with Gasteiger partial charge < -0.3 is 15.0 Å². The number of rotatable bonds is 6. The number of fused-ring (bicyclic) bond motifs is 1. The molecule has 130 valence electrons. The third-order valence-corrected chi connectivity index (χ3v) is 4.26. The van der Waals surface area contributed by atoms with Crippen molar-refractivity contribution in [3.8, 4) is 5.88 Å². The highest BCUT2D eigenvalue weighted by molar-refractivity contribution is 5.79. The number of H-pyrrole nitrogens is 1. The van der Waals surface area contributed by atoms with Crippen LogP contribution in [0.3, 0.4) is 0 Å². The zero-order valence-corrected chi connectivity index (χ0v) is 14.4. The van der Waals surface area contributed by atoms with Gasteiger partial charge in [0.05, 0.1) is 7.11 Å². The van der Waals surface area contributed by atoms with Crippen molar-refractivity contribution >= 4 is 16.9 Å². The predicted molar refractivity (Wildman–Crippen MR) is 101 cm³/mol. The quantitative estimate of drug-likeness (QED) is 0.559. The summed E-state index contributed by atoms with van der Waals surface area (Å²) in [5.74, 6) is 1.45. The molecule has 0 fully saturated rings. The Labute approximate surface area is 151 Å². The summed E-state index contributed by atoms with van der Waals surface area (Å²) in [7, 11) is 1.62. The molecule has 0 aliphatic heterocycles. The lowest BCUT2D eigenvalue weighted by Gasteiger charge is -2.09. The summed E-state index contributed by atoms with van der Waals surface area (Å²) in [6.07, 6.45) is 8.24. The van der Waals surface area contributed by atoms with Crippen LogP contribution in [-0.2, 0) is 13.0 Å². The minimum atomic E-state index is 0.609. The monoisotopic (exact) mass is 345 g/mol. The predicted octanol–water partition coefficient (Wildman–Crippen LogP) is 3.56. The normalized spacial score (nSPS) is 10.8. The summed E-state index contributed by atoms with van der Waals surface area (Å²) in [6.45, 7) is 0.609. The molecule has 0 radical (unpaired) electrons. The first-order chi connectivity index (χ1) is 12.8. The van der Waals surface area contributed by atoms with Gasteiger partial charge in [-0.2, -0.15) is 0 Å². The van der Waals surface area contributed by atoms with Crippen molar-refractivity contribution in [3.63, 3.8) is 0 Å². The number of ether oxygens (including phenoxy) is 1. The van der Waals surface area contributed by atoms with Gasteiger partial charge in [-0.15, -0.1) is 0 Å². The number of hydrogen-bond donors (Lipinski definition) is 2. The number of nitrogens with zero attached hydrogens (tertiary/aromatic N) is 3. The average molecular weight is 345 g/mol. The van der Waals surface area contributed by atoms with Crippen molar-refractivity contribution in [2.75, 3.05) is 12.4 Å². The number of methoxy groups -OCH3 is 1. The first-order valence-electron chi connectivity index (χ1n) is 8.41. The van der Waals surface area contributed by atoms with E-state index >= 15 is 0 Å². The number of aromatic amines is 1. The third kappa shape index (κ3) is 3.35. The smallest absolute Gasteiger partial charge is 0.218 e. The number of anilines is 1. The van der Waals surface area contributed by atoms with E-state index in [0.29, 0.717) is 12.4 Å². The third-order valence-electron chi connectivity index (χ3n) is 4.26. The lowest BCUT2D eigenvalue weighted by Crippen LogP contribution is -2.04. The van der Waals surface area contributed by atoms with Gasteiger partial charge in [-0.3, -0.25) is 0 Å². The van der Waals surface area contributed by atoms with E-state index in [-0.39, 0.29) is 0 Å². The molecule has 6 nitrogen and oxygen atoms in total. The van der Waals surface area contributed by atoms with Gasteiger partial charge in [0.25, 0.3) is 0 Å². The molecule has 0 aliphatic rings. The van der Waals surface area contributed by atoms with Crippen LogP contribution >= 0.6 is 0 Å². The largest absolute Gasteiger partial charge is 0.481 e. The second-order valence-electron chi connectivity index (χ2n) is 5.97. The second-order valence-corrected chi connectivity index (χ2v) is 5.97. The zero-order chi connectivity index (χ0) is 17.8. The fraction of sp³-hybridized carbons (Fsp3) is 0.150. The first-order valence-corrected chi connectivity index (χ1v) is 8.41. The summed E-state index contributed by atoms with van der Waals surface area (Å²) in [5, 5.41) is 4.46. The Morgan fingerprint density at radius 1 is 1.00 bits per heavy atom. The highest BCUT2D eigenvalue weighted by Crippen LogP contribution is 2.20. The van der Waals surface area contributed by atoms with E-state index in [2.05, 4.69) is 37.4 Å². The van der Waals surface area contributed by atoms with Crippen molar-refractivity contribution in [1.82, 2.24) is 19.9 Å². The maximum atomic E-state index is 5.27. The van der Waals surface area contributed by atoms with Gasteiger partial charge in [0.1, 0.15) is 11.5 Å². The van der Waals surface area contributed by atoms with Crippen molar-refractivity contribution in [2.45, 2.75) is 13.0 Å². The highest BCUT2D eigenvalue weighted by Gasteiger charge is 2.06. The Bertz CT molecular complexity index is 1010. The first kappa shape index (κ1) is 16.1. The molecule has 4 aromatic rings. The van der Waals surface area contributed by atoms with Crippen LogP contribution in [0.25, 0.3) is 11.0 Å². The van der Waals surface area contributed by atoms with Gasteiger partial charge >= 0.3 is 0 Å². The summed E-state index contributed by atoms with van der Waals surface area (Å²) in [5.41, 5.74) is 4.28. The Balaban J connectivity index is 1.43. The molecule has 0 atom stereocenters. The van der Waals surface area contributed by atoms with Crippen molar-refractivity contribution in [2.24, 2.45) is 0 Å². The van der Waals surface area contributed by atoms with Gasteiger partial charge in [0.15, 0.2) is 0 Å². The molecule has 0 saturated carbocycles. The lowest BCUT2D eigenvalue weighted by atomic mass is 10.1. The topological polar surface area (TPSA) is 75.7 Å². The molecule has 26 heavy (non-hydrogen) atoms. The van der Waals surface area contributed by atoms with Crippen LogP contribution in [0.1, 0.15) is 16.7 Å². The minimum Gasteiger partial charge on any atom is -0.481 e. The van der Waals surface area contributed by atoms with Gasteiger partial charge in [-0.05, 0) is 35.4 Å². The second kappa shape index (κ2) is 7.23.